The molecule has 6 heteroatoms. The van der Waals surface area contributed by atoms with Crippen molar-refractivity contribution in [3.05, 3.63) is 53.5 Å². The number of aromatic carboxylic acids is 1. The summed E-state index contributed by atoms with van der Waals surface area (Å²) in [6.07, 6.45) is 3.47. The van der Waals surface area contributed by atoms with Gasteiger partial charge in [0.05, 0.1) is 23.9 Å². The molecule has 0 radical (unpaired) electrons. The Morgan fingerprint density at radius 1 is 1.36 bits per heavy atom. The first-order valence-corrected chi connectivity index (χ1v) is 6.76. The number of methoxy groups -OCH3 is 1. The van der Waals surface area contributed by atoms with Crippen LogP contribution in [0, 0.1) is 0 Å². The second-order valence-electron chi connectivity index (χ2n) is 4.97. The summed E-state index contributed by atoms with van der Waals surface area (Å²) in [4.78, 5) is 15.3. The van der Waals surface area contributed by atoms with Gasteiger partial charge in [0.15, 0.2) is 0 Å². The Hall–Kier alpha value is -2.89. The van der Waals surface area contributed by atoms with Gasteiger partial charge in [-0.2, -0.15) is 5.10 Å². The Kier molecular flexibility index (Phi) is 3.50. The number of nitrogens with zero attached hydrogens (tertiary/aromatic N) is 3. The molecule has 0 bridgehead atoms. The summed E-state index contributed by atoms with van der Waals surface area (Å²) in [6, 6.07) is 7.22. The van der Waals surface area contributed by atoms with E-state index in [2.05, 4.69) is 10.1 Å². The summed E-state index contributed by atoms with van der Waals surface area (Å²) in [5.41, 5.74) is 2.65. The van der Waals surface area contributed by atoms with Crippen molar-refractivity contribution in [1.82, 2.24) is 14.8 Å². The van der Waals surface area contributed by atoms with Crippen LogP contribution in [0.15, 0.2) is 36.7 Å². The molecule has 0 unspecified atom stereocenters. The lowest BCUT2D eigenvalue weighted by atomic mass is 10.0. The van der Waals surface area contributed by atoms with Gasteiger partial charge in [0.2, 0.25) is 0 Å². The van der Waals surface area contributed by atoms with Crippen molar-refractivity contribution in [2.24, 2.45) is 7.05 Å². The summed E-state index contributed by atoms with van der Waals surface area (Å²) in [6.45, 7) is 0. The number of aryl methyl sites for hydroxylation is 1. The van der Waals surface area contributed by atoms with E-state index in [1.807, 2.05) is 25.2 Å². The quantitative estimate of drug-likeness (QED) is 0.799. The first-order valence-electron chi connectivity index (χ1n) is 6.76. The number of aromatic nitrogens is 3. The van der Waals surface area contributed by atoms with E-state index in [4.69, 9.17) is 4.74 Å². The second-order valence-corrected chi connectivity index (χ2v) is 4.97. The number of ether oxygens (including phenoxy) is 1. The Morgan fingerprint density at radius 2 is 2.18 bits per heavy atom. The van der Waals surface area contributed by atoms with Gasteiger partial charge in [-0.1, -0.05) is 0 Å². The molecule has 0 atom stereocenters. The van der Waals surface area contributed by atoms with Crippen molar-refractivity contribution in [3.63, 3.8) is 0 Å². The van der Waals surface area contributed by atoms with Gasteiger partial charge in [0.1, 0.15) is 5.75 Å². The van der Waals surface area contributed by atoms with E-state index in [-0.39, 0.29) is 5.56 Å². The smallest absolute Gasteiger partial charge is 0.336 e. The molecule has 0 aliphatic heterocycles. The topological polar surface area (TPSA) is 77.2 Å². The molecule has 2 aromatic heterocycles. The van der Waals surface area contributed by atoms with E-state index in [1.165, 1.54) is 12.3 Å². The van der Waals surface area contributed by atoms with Crippen LogP contribution < -0.4 is 4.74 Å². The van der Waals surface area contributed by atoms with Crippen LogP contribution in [-0.2, 0) is 13.5 Å². The van der Waals surface area contributed by atoms with Crippen molar-refractivity contribution in [1.29, 1.82) is 0 Å². The molecular weight excluding hydrogens is 282 g/mol. The average molecular weight is 297 g/mol. The molecular formula is C16H15N3O3. The molecule has 0 saturated heterocycles. The van der Waals surface area contributed by atoms with Crippen LogP contribution in [0.5, 0.6) is 5.75 Å². The number of carboxylic acid groups (broad SMARTS) is 1. The predicted molar refractivity (Wildman–Crippen MR) is 81.3 cm³/mol. The number of hydrogen-bond donors (Lipinski definition) is 1. The lowest BCUT2D eigenvalue weighted by Crippen LogP contribution is -2.04. The van der Waals surface area contributed by atoms with Gasteiger partial charge in [-0.3, -0.25) is 9.67 Å². The highest BCUT2D eigenvalue weighted by Gasteiger charge is 2.15. The zero-order valence-corrected chi connectivity index (χ0v) is 12.3. The first-order chi connectivity index (χ1) is 10.6. The molecule has 0 amide bonds. The lowest BCUT2D eigenvalue weighted by molar-refractivity contribution is 0.0695. The van der Waals surface area contributed by atoms with Crippen LogP contribution in [-0.4, -0.2) is 33.0 Å². The largest absolute Gasteiger partial charge is 0.497 e. The third kappa shape index (κ3) is 2.39. The van der Waals surface area contributed by atoms with E-state index >= 15 is 0 Å². The molecule has 1 aromatic carbocycles. The predicted octanol–water partition coefficient (Wildman–Crippen LogP) is 2.27. The highest BCUT2D eigenvalue weighted by Crippen LogP contribution is 2.25. The van der Waals surface area contributed by atoms with Crippen molar-refractivity contribution in [3.8, 4) is 5.75 Å². The summed E-state index contributed by atoms with van der Waals surface area (Å²) in [5, 5.41) is 14.7. The molecule has 0 saturated carbocycles. The number of pyridine rings is 1. The van der Waals surface area contributed by atoms with Crippen LogP contribution in [0.25, 0.3) is 10.9 Å². The highest BCUT2D eigenvalue weighted by atomic mass is 16.5. The molecule has 0 aliphatic carbocycles. The second kappa shape index (κ2) is 5.48. The fraction of sp³-hybridized carbons (Fsp3) is 0.188. The van der Waals surface area contributed by atoms with E-state index in [1.54, 1.807) is 18.0 Å². The van der Waals surface area contributed by atoms with Crippen LogP contribution in [0.1, 0.15) is 21.6 Å². The molecule has 0 fully saturated rings. The third-order valence-corrected chi connectivity index (χ3v) is 3.63. The maximum Gasteiger partial charge on any atom is 0.336 e. The molecule has 2 heterocycles. The Labute approximate surface area is 127 Å². The molecule has 3 rings (SSSR count). The number of hydrogen-bond acceptors (Lipinski definition) is 4. The van der Waals surface area contributed by atoms with E-state index < -0.39 is 5.97 Å². The van der Waals surface area contributed by atoms with Gasteiger partial charge in [-0.25, -0.2) is 4.79 Å². The zero-order valence-electron chi connectivity index (χ0n) is 12.3. The SMILES string of the molecule is COc1ccc2c(Cc3cnccc3C(=O)O)nn(C)c2c1. The number of carbonyl (C=O) groups is 1. The summed E-state index contributed by atoms with van der Waals surface area (Å²) < 4.78 is 6.99. The van der Waals surface area contributed by atoms with Gasteiger partial charge >= 0.3 is 5.97 Å². The summed E-state index contributed by atoms with van der Waals surface area (Å²) >= 11 is 0. The van der Waals surface area contributed by atoms with Crippen LogP contribution in [0.4, 0.5) is 0 Å². The minimum Gasteiger partial charge on any atom is -0.497 e. The maximum atomic E-state index is 11.3. The minimum absolute atomic E-state index is 0.252. The molecule has 3 aromatic rings. The molecule has 1 N–H and O–H groups in total. The van der Waals surface area contributed by atoms with Crippen molar-refractivity contribution >= 4 is 16.9 Å². The fourth-order valence-electron chi connectivity index (χ4n) is 2.53. The lowest BCUT2D eigenvalue weighted by Gasteiger charge is -2.04. The summed E-state index contributed by atoms with van der Waals surface area (Å²) in [7, 11) is 3.47. The minimum atomic E-state index is -0.959. The molecule has 0 aliphatic rings. The maximum absolute atomic E-state index is 11.3. The Balaban J connectivity index is 2.07. The van der Waals surface area contributed by atoms with Crippen molar-refractivity contribution in [2.75, 3.05) is 7.11 Å². The Morgan fingerprint density at radius 3 is 2.91 bits per heavy atom. The first kappa shape index (κ1) is 14.1. The van der Waals surface area contributed by atoms with E-state index in [9.17, 15) is 9.90 Å². The van der Waals surface area contributed by atoms with Gasteiger partial charge in [-0.15, -0.1) is 0 Å². The van der Waals surface area contributed by atoms with E-state index in [0.717, 1.165) is 22.3 Å². The normalized spacial score (nSPS) is 10.8. The van der Waals surface area contributed by atoms with Crippen LogP contribution in [0.2, 0.25) is 0 Å². The molecule has 6 nitrogen and oxygen atoms in total. The van der Waals surface area contributed by atoms with Gasteiger partial charge in [0.25, 0.3) is 0 Å². The number of rotatable bonds is 4. The average Bonchev–Trinajstić information content (AvgIpc) is 2.83. The standard InChI is InChI=1S/C16H15N3O3/c1-19-15-8-11(22-2)3-4-13(15)14(18-19)7-10-9-17-6-5-12(10)16(20)21/h3-6,8-9H,7H2,1-2H3,(H,20,21). The van der Waals surface area contributed by atoms with E-state index in [0.29, 0.717) is 12.0 Å². The van der Waals surface area contributed by atoms with Crippen molar-refractivity contribution in [2.45, 2.75) is 6.42 Å². The Bertz CT molecular complexity index is 855. The van der Waals surface area contributed by atoms with Crippen LogP contribution >= 0.6 is 0 Å². The van der Waals surface area contributed by atoms with Crippen LogP contribution in [0.3, 0.4) is 0 Å². The monoisotopic (exact) mass is 297 g/mol. The number of benzene rings is 1. The van der Waals surface area contributed by atoms with Crippen molar-refractivity contribution < 1.29 is 14.6 Å². The molecule has 0 spiro atoms. The zero-order chi connectivity index (χ0) is 15.7. The summed E-state index contributed by atoms with van der Waals surface area (Å²) in [5.74, 6) is -0.200. The molecule has 112 valence electrons. The molecule has 22 heavy (non-hydrogen) atoms. The number of carboxylic acids is 1. The number of fused-ring (bicyclic) bond motifs is 1. The highest BCUT2D eigenvalue weighted by molar-refractivity contribution is 5.90. The third-order valence-electron chi connectivity index (χ3n) is 3.63. The fourth-order valence-corrected chi connectivity index (χ4v) is 2.53. The van der Waals surface area contributed by atoms with Gasteiger partial charge in [-0.05, 0) is 23.8 Å². The van der Waals surface area contributed by atoms with Gasteiger partial charge in [0, 0.05) is 37.3 Å². The van der Waals surface area contributed by atoms with Gasteiger partial charge < -0.3 is 9.84 Å².